The minimum Gasteiger partial charge on any atom is -0.336 e. The number of fused-ring (bicyclic) bond motifs is 2. The van der Waals surface area contributed by atoms with Gasteiger partial charge in [-0.05, 0) is 25.2 Å². The number of carbonyl (C=O) groups excluding carboxylic acids is 3. The van der Waals surface area contributed by atoms with Crippen molar-refractivity contribution in [3.63, 3.8) is 0 Å². The van der Waals surface area contributed by atoms with E-state index in [0.717, 1.165) is 12.8 Å². The number of carbonyl (C=O) groups is 3. The number of rotatable bonds is 0. The number of piperidine rings is 2. The van der Waals surface area contributed by atoms with Crippen molar-refractivity contribution < 1.29 is 14.4 Å². The number of nitrogens with zero attached hydrogens (tertiary/aromatic N) is 3. The van der Waals surface area contributed by atoms with Crippen molar-refractivity contribution in [3.8, 4) is 0 Å². The first-order valence-electron chi connectivity index (χ1n) is 9.63. The summed E-state index contributed by atoms with van der Waals surface area (Å²) in [7, 11) is 3.69. The highest BCUT2D eigenvalue weighted by Gasteiger charge is 2.81. The van der Waals surface area contributed by atoms with E-state index in [-0.39, 0.29) is 29.7 Å². The zero-order chi connectivity index (χ0) is 18.9. The molecule has 5 heterocycles. The normalized spacial score (nSPS) is 48.2. The summed E-state index contributed by atoms with van der Waals surface area (Å²) in [5.74, 6) is 0.271. The molecule has 6 heteroatoms. The van der Waals surface area contributed by atoms with E-state index in [0.29, 0.717) is 12.8 Å². The number of amides is 3. The van der Waals surface area contributed by atoms with E-state index in [9.17, 15) is 14.4 Å². The maximum atomic E-state index is 13.5. The summed E-state index contributed by atoms with van der Waals surface area (Å²) in [5.41, 5.74) is -2.26. The van der Waals surface area contributed by atoms with Gasteiger partial charge < -0.3 is 14.7 Å². The Hall–Kier alpha value is -1.85. The molecule has 0 aromatic carbocycles. The van der Waals surface area contributed by atoms with Crippen LogP contribution in [0.5, 0.6) is 0 Å². The van der Waals surface area contributed by atoms with Gasteiger partial charge in [0.05, 0.1) is 17.0 Å². The quantitative estimate of drug-likeness (QED) is 0.658. The summed E-state index contributed by atoms with van der Waals surface area (Å²) in [4.78, 5) is 45.3. The van der Waals surface area contributed by atoms with Crippen LogP contribution in [0.2, 0.25) is 0 Å². The second-order valence-electron chi connectivity index (χ2n) is 9.77. The summed E-state index contributed by atoms with van der Waals surface area (Å²) < 4.78 is 0. The number of hydrogen-bond donors (Lipinski definition) is 0. The molecule has 3 spiro atoms. The van der Waals surface area contributed by atoms with E-state index in [1.54, 1.807) is 11.9 Å². The Kier molecular flexibility index (Phi) is 2.62. The minimum atomic E-state index is -0.710. The maximum Gasteiger partial charge on any atom is 0.249 e. The van der Waals surface area contributed by atoms with E-state index >= 15 is 0 Å². The maximum absolute atomic E-state index is 13.5. The van der Waals surface area contributed by atoms with Gasteiger partial charge in [0.1, 0.15) is 5.54 Å². The van der Waals surface area contributed by atoms with E-state index in [4.69, 9.17) is 0 Å². The van der Waals surface area contributed by atoms with E-state index < -0.39 is 21.9 Å². The van der Waals surface area contributed by atoms with Gasteiger partial charge in [0.25, 0.3) is 0 Å². The molecule has 3 amide bonds. The molecular weight excluding hydrogens is 330 g/mol. The topological polar surface area (TPSA) is 60.9 Å². The Labute approximate surface area is 154 Å². The predicted molar refractivity (Wildman–Crippen MR) is 94.6 cm³/mol. The van der Waals surface area contributed by atoms with Crippen molar-refractivity contribution in [2.75, 3.05) is 14.1 Å². The van der Waals surface area contributed by atoms with Crippen LogP contribution in [0.25, 0.3) is 0 Å². The molecule has 5 fully saturated rings. The molecule has 0 radical (unpaired) electrons. The van der Waals surface area contributed by atoms with Crippen LogP contribution >= 0.6 is 0 Å². The third-order valence-electron chi connectivity index (χ3n) is 8.75. The molecule has 2 bridgehead atoms. The van der Waals surface area contributed by atoms with Crippen LogP contribution in [0.15, 0.2) is 12.3 Å². The Balaban J connectivity index is 1.77. The van der Waals surface area contributed by atoms with Gasteiger partial charge >= 0.3 is 0 Å². The van der Waals surface area contributed by atoms with Crippen LogP contribution in [-0.2, 0) is 14.4 Å². The summed E-state index contributed by atoms with van der Waals surface area (Å²) >= 11 is 0. The second-order valence-corrected chi connectivity index (χ2v) is 9.77. The van der Waals surface area contributed by atoms with Gasteiger partial charge in [0.2, 0.25) is 17.7 Å². The smallest absolute Gasteiger partial charge is 0.249 e. The Bertz CT molecular complexity index is 804. The Morgan fingerprint density at radius 1 is 1.08 bits per heavy atom. The highest BCUT2D eigenvalue weighted by Crippen LogP contribution is 2.70. The van der Waals surface area contributed by atoms with Crippen molar-refractivity contribution in [1.29, 1.82) is 0 Å². The predicted octanol–water partition coefficient (Wildman–Crippen LogP) is 1.37. The van der Waals surface area contributed by atoms with Gasteiger partial charge in [0, 0.05) is 32.1 Å². The van der Waals surface area contributed by atoms with Crippen molar-refractivity contribution >= 4 is 17.7 Å². The fraction of sp³-hybridized carbons (Fsp3) is 0.750. The molecule has 5 aliphatic heterocycles. The van der Waals surface area contributed by atoms with Gasteiger partial charge in [0.15, 0.2) is 0 Å². The molecule has 1 unspecified atom stereocenters. The van der Waals surface area contributed by atoms with Gasteiger partial charge in [-0.3, -0.25) is 14.4 Å². The summed E-state index contributed by atoms with van der Waals surface area (Å²) in [6.07, 6.45) is 6.51. The van der Waals surface area contributed by atoms with Crippen LogP contribution < -0.4 is 0 Å². The molecule has 6 rings (SSSR count). The van der Waals surface area contributed by atoms with E-state index in [1.165, 1.54) is 0 Å². The third kappa shape index (κ3) is 1.28. The minimum absolute atomic E-state index is 0.0214. The molecule has 6 nitrogen and oxygen atoms in total. The Morgan fingerprint density at radius 2 is 1.77 bits per heavy atom. The van der Waals surface area contributed by atoms with E-state index in [1.807, 2.05) is 36.0 Å². The molecule has 5 atom stereocenters. The SMILES string of the molecule is C[C@H]1CC(=O)N2C3C(C)(C)[C@@]4(C=CN(C)C4=O)C[C@]34CC[C@]12C(=O)N4C. The zero-order valence-electron chi connectivity index (χ0n) is 16.2. The lowest BCUT2D eigenvalue weighted by Gasteiger charge is -2.65. The van der Waals surface area contributed by atoms with Crippen molar-refractivity contribution in [3.05, 3.63) is 12.3 Å². The van der Waals surface area contributed by atoms with Crippen molar-refractivity contribution in [2.45, 2.75) is 63.6 Å². The van der Waals surface area contributed by atoms with Crippen LogP contribution in [0.1, 0.15) is 46.5 Å². The lowest BCUT2D eigenvalue weighted by Crippen LogP contribution is -2.81. The number of likely N-dealkylation sites (N-methyl/N-ethyl adjacent to an activating group) is 1. The highest BCUT2D eigenvalue weighted by atomic mass is 16.2. The van der Waals surface area contributed by atoms with Gasteiger partial charge in [-0.25, -0.2) is 0 Å². The fourth-order valence-electron chi connectivity index (χ4n) is 7.35. The Morgan fingerprint density at radius 3 is 2.38 bits per heavy atom. The van der Waals surface area contributed by atoms with Gasteiger partial charge in [-0.2, -0.15) is 0 Å². The van der Waals surface area contributed by atoms with Gasteiger partial charge in [-0.1, -0.05) is 26.8 Å². The van der Waals surface area contributed by atoms with Crippen LogP contribution in [0.4, 0.5) is 0 Å². The summed E-state index contributed by atoms with van der Waals surface area (Å²) in [6, 6.07) is -0.121. The molecular formula is C20H27N3O3. The molecule has 0 aromatic heterocycles. The first kappa shape index (κ1) is 16.3. The monoisotopic (exact) mass is 357 g/mol. The molecule has 1 saturated carbocycles. The molecule has 1 aliphatic carbocycles. The van der Waals surface area contributed by atoms with Crippen molar-refractivity contribution in [1.82, 2.24) is 14.7 Å². The lowest BCUT2D eigenvalue weighted by atomic mass is 9.61. The van der Waals surface area contributed by atoms with Crippen LogP contribution in [0.3, 0.4) is 0 Å². The van der Waals surface area contributed by atoms with Crippen molar-refractivity contribution in [2.24, 2.45) is 16.7 Å². The zero-order valence-corrected chi connectivity index (χ0v) is 16.2. The highest BCUT2D eigenvalue weighted by molar-refractivity contribution is 5.99. The molecule has 4 saturated heterocycles. The molecule has 140 valence electrons. The van der Waals surface area contributed by atoms with Crippen LogP contribution in [0, 0.1) is 16.7 Å². The lowest BCUT2D eigenvalue weighted by molar-refractivity contribution is -0.196. The summed E-state index contributed by atoms with van der Waals surface area (Å²) in [6.45, 7) is 6.28. The standard InChI is InChI=1S/C20H27N3O3/c1-12-10-13(24)23-14-17(2,3)18(8-9-21(4)15(18)25)11-19(14)6-7-20(12,23)16(26)22(19)5/h8-9,12,14H,6-7,10-11H2,1-5H3/t12-,14?,18-,19+,20+/m0/s1. The first-order valence-corrected chi connectivity index (χ1v) is 9.63. The molecule has 0 aromatic rings. The van der Waals surface area contributed by atoms with Gasteiger partial charge in [-0.15, -0.1) is 0 Å². The van der Waals surface area contributed by atoms with Crippen LogP contribution in [-0.4, -0.2) is 63.6 Å². The molecule has 0 N–H and O–H groups in total. The molecule has 26 heavy (non-hydrogen) atoms. The number of hydrogen-bond acceptors (Lipinski definition) is 3. The largest absolute Gasteiger partial charge is 0.336 e. The first-order chi connectivity index (χ1) is 12.1. The summed E-state index contributed by atoms with van der Waals surface area (Å²) in [5, 5.41) is 0. The fourth-order valence-corrected chi connectivity index (χ4v) is 7.35. The second kappa shape index (κ2) is 4.18. The number of piperazine rings is 1. The average molecular weight is 357 g/mol. The molecule has 6 aliphatic rings. The van der Waals surface area contributed by atoms with E-state index in [2.05, 4.69) is 13.8 Å². The third-order valence-corrected chi connectivity index (χ3v) is 8.75. The average Bonchev–Trinajstić information content (AvgIpc) is 3.09.